The second kappa shape index (κ2) is 6.41. The van der Waals surface area contributed by atoms with Gasteiger partial charge < -0.3 is 14.3 Å². The van der Waals surface area contributed by atoms with Crippen molar-refractivity contribution < 1.29 is 23.8 Å². The maximum Gasteiger partial charge on any atom is 0.351 e. The summed E-state index contributed by atoms with van der Waals surface area (Å²) in [4.78, 5) is 33.8. The van der Waals surface area contributed by atoms with Gasteiger partial charge in [0.15, 0.2) is 0 Å². The van der Waals surface area contributed by atoms with Crippen LogP contribution in [0.3, 0.4) is 0 Å². The highest BCUT2D eigenvalue weighted by Gasteiger charge is 2.15. The number of hydrogen-bond acceptors (Lipinski definition) is 5. The number of carbonyl (C=O) groups excluding carboxylic acids is 1. The number of carbonyl (C=O) groups is 2. The van der Waals surface area contributed by atoms with Gasteiger partial charge in [-0.1, -0.05) is 11.6 Å². The summed E-state index contributed by atoms with van der Waals surface area (Å²) in [6, 6.07) is 5.99. The Labute approximate surface area is 123 Å². The molecule has 0 saturated carbocycles. The van der Waals surface area contributed by atoms with Gasteiger partial charge in [0, 0.05) is 16.8 Å². The fourth-order valence-corrected chi connectivity index (χ4v) is 1.88. The normalized spacial score (nSPS) is 10.5. The van der Waals surface area contributed by atoms with E-state index in [4.69, 9.17) is 25.9 Å². The molecular formula is C14H11ClO6. The maximum absolute atomic E-state index is 11.8. The second-order valence-electron chi connectivity index (χ2n) is 4.26. The van der Waals surface area contributed by atoms with Gasteiger partial charge in [-0.25, -0.2) is 9.59 Å². The Morgan fingerprint density at radius 2 is 2.05 bits per heavy atom. The summed E-state index contributed by atoms with van der Waals surface area (Å²) in [5, 5.41) is 9.41. The van der Waals surface area contributed by atoms with Gasteiger partial charge in [-0.3, -0.25) is 4.79 Å². The number of fused-ring (bicyclic) bond motifs is 1. The van der Waals surface area contributed by atoms with Gasteiger partial charge in [0.25, 0.3) is 0 Å². The zero-order valence-electron chi connectivity index (χ0n) is 10.8. The summed E-state index contributed by atoms with van der Waals surface area (Å²) in [7, 11) is 0. The molecule has 0 bridgehead atoms. The molecule has 0 amide bonds. The SMILES string of the molecule is O=C(O)CCCOC(=O)c1cc2cc(Cl)ccc2oc1=O. The number of aliphatic carboxylic acids is 1. The van der Waals surface area contributed by atoms with Crippen molar-refractivity contribution in [3.63, 3.8) is 0 Å². The van der Waals surface area contributed by atoms with Crippen LogP contribution in [0.25, 0.3) is 11.0 Å². The van der Waals surface area contributed by atoms with E-state index in [-0.39, 0.29) is 25.0 Å². The van der Waals surface area contributed by atoms with Crippen LogP contribution >= 0.6 is 11.6 Å². The van der Waals surface area contributed by atoms with E-state index in [0.29, 0.717) is 16.0 Å². The molecule has 0 atom stereocenters. The first-order valence-electron chi connectivity index (χ1n) is 6.09. The third-order valence-corrected chi connectivity index (χ3v) is 2.92. The monoisotopic (exact) mass is 310 g/mol. The van der Waals surface area contributed by atoms with Crippen molar-refractivity contribution in [2.45, 2.75) is 12.8 Å². The lowest BCUT2D eigenvalue weighted by atomic mass is 10.2. The van der Waals surface area contributed by atoms with Crippen LogP contribution in [0.2, 0.25) is 5.02 Å². The first-order valence-corrected chi connectivity index (χ1v) is 6.47. The largest absolute Gasteiger partial charge is 0.481 e. The van der Waals surface area contributed by atoms with E-state index in [1.807, 2.05) is 0 Å². The van der Waals surface area contributed by atoms with Crippen LogP contribution < -0.4 is 5.63 Å². The van der Waals surface area contributed by atoms with Gasteiger partial charge in [-0.05, 0) is 30.7 Å². The molecule has 1 aromatic heterocycles. The number of benzene rings is 1. The summed E-state index contributed by atoms with van der Waals surface area (Å²) in [5.41, 5.74) is -0.750. The van der Waals surface area contributed by atoms with Gasteiger partial charge in [-0.2, -0.15) is 0 Å². The highest BCUT2D eigenvalue weighted by atomic mass is 35.5. The molecule has 1 aromatic carbocycles. The minimum atomic E-state index is -0.981. The third kappa shape index (κ3) is 3.82. The standard InChI is InChI=1S/C14H11ClO6/c15-9-3-4-11-8(6-9)7-10(14(19)21-11)13(18)20-5-1-2-12(16)17/h3-4,6-7H,1-2,5H2,(H,16,17). The van der Waals surface area contributed by atoms with E-state index in [1.54, 1.807) is 12.1 Å². The second-order valence-corrected chi connectivity index (χ2v) is 4.70. The molecule has 1 N–H and O–H groups in total. The Balaban J connectivity index is 2.17. The minimum absolute atomic E-state index is 0.0852. The molecular weight excluding hydrogens is 300 g/mol. The van der Waals surface area contributed by atoms with Crippen LogP contribution in [-0.2, 0) is 9.53 Å². The Bertz CT molecular complexity index is 749. The number of carboxylic acids is 1. The van der Waals surface area contributed by atoms with Gasteiger partial charge in [0.05, 0.1) is 6.61 Å². The van der Waals surface area contributed by atoms with Gasteiger partial charge in [-0.15, -0.1) is 0 Å². The van der Waals surface area contributed by atoms with E-state index in [1.165, 1.54) is 12.1 Å². The van der Waals surface area contributed by atoms with E-state index >= 15 is 0 Å². The number of rotatable bonds is 5. The summed E-state index contributed by atoms with van der Waals surface area (Å²) in [5.74, 6) is -1.83. The molecule has 0 spiro atoms. The summed E-state index contributed by atoms with van der Waals surface area (Å²) >= 11 is 5.83. The summed E-state index contributed by atoms with van der Waals surface area (Å²) < 4.78 is 9.85. The smallest absolute Gasteiger partial charge is 0.351 e. The molecule has 110 valence electrons. The predicted molar refractivity (Wildman–Crippen MR) is 74.6 cm³/mol. The Hall–Kier alpha value is -2.34. The molecule has 0 fully saturated rings. The number of esters is 1. The lowest BCUT2D eigenvalue weighted by Crippen LogP contribution is -2.17. The molecule has 0 aliphatic rings. The lowest BCUT2D eigenvalue weighted by Gasteiger charge is -2.04. The van der Waals surface area contributed by atoms with Gasteiger partial charge >= 0.3 is 17.6 Å². The zero-order valence-corrected chi connectivity index (χ0v) is 11.6. The molecule has 21 heavy (non-hydrogen) atoms. The molecule has 6 nitrogen and oxygen atoms in total. The van der Waals surface area contributed by atoms with E-state index < -0.39 is 17.6 Å². The van der Waals surface area contributed by atoms with E-state index in [0.717, 1.165) is 0 Å². The first kappa shape index (κ1) is 15.1. The molecule has 0 radical (unpaired) electrons. The summed E-state index contributed by atoms with van der Waals surface area (Å²) in [6.07, 6.45) is 0.0566. The minimum Gasteiger partial charge on any atom is -0.481 e. The zero-order chi connectivity index (χ0) is 15.4. The molecule has 0 unspecified atom stereocenters. The molecule has 0 aliphatic heterocycles. The highest BCUT2D eigenvalue weighted by Crippen LogP contribution is 2.19. The van der Waals surface area contributed by atoms with Crippen LogP contribution in [0.15, 0.2) is 33.5 Å². The van der Waals surface area contributed by atoms with Gasteiger partial charge in [0.2, 0.25) is 0 Å². The van der Waals surface area contributed by atoms with Crippen molar-refractivity contribution in [3.8, 4) is 0 Å². The average Bonchev–Trinajstić information content (AvgIpc) is 2.43. The van der Waals surface area contributed by atoms with E-state index in [2.05, 4.69) is 0 Å². The van der Waals surface area contributed by atoms with Crippen LogP contribution in [-0.4, -0.2) is 23.7 Å². The van der Waals surface area contributed by atoms with Crippen LogP contribution in [0, 0.1) is 0 Å². The van der Waals surface area contributed by atoms with Crippen LogP contribution in [0.5, 0.6) is 0 Å². The predicted octanol–water partition coefficient (Wildman–Crippen LogP) is 2.47. The van der Waals surface area contributed by atoms with Crippen molar-refractivity contribution in [3.05, 3.63) is 45.3 Å². The Morgan fingerprint density at radius 3 is 2.76 bits per heavy atom. The summed E-state index contributed by atoms with van der Waals surface area (Å²) in [6.45, 7) is -0.0852. The molecule has 2 aromatic rings. The van der Waals surface area contributed by atoms with E-state index in [9.17, 15) is 14.4 Å². The van der Waals surface area contributed by atoms with Crippen LogP contribution in [0.1, 0.15) is 23.2 Å². The third-order valence-electron chi connectivity index (χ3n) is 2.68. The fourth-order valence-electron chi connectivity index (χ4n) is 1.70. The first-order chi connectivity index (χ1) is 9.97. The number of ether oxygens (including phenoxy) is 1. The number of halogens is 1. The Morgan fingerprint density at radius 1 is 1.29 bits per heavy atom. The maximum atomic E-state index is 11.8. The topological polar surface area (TPSA) is 93.8 Å². The highest BCUT2D eigenvalue weighted by molar-refractivity contribution is 6.31. The van der Waals surface area contributed by atoms with Crippen molar-refractivity contribution >= 4 is 34.5 Å². The molecule has 0 saturated heterocycles. The van der Waals surface area contributed by atoms with Crippen LogP contribution in [0.4, 0.5) is 0 Å². The molecule has 0 aliphatic carbocycles. The molecule has 2 rings (SSSR count). The molecule has 1 heterocycles. The van der Waals surface area contributed by atoms with Crippen molar-refractivity contribution in [1.82, 2.24) is 0 Å². The number of hydrogen-bond donors (Lipinski definition) is 1. The molecule has 7 heteroatoms. The number of carboxylic acid groups (broad SMARTS) is 1. The lowest BCUT2D eigenvalue weighted by molar-refractivity contribution is -0.137. The quantitative estimate of drug-likeness (QED) is 0.518. The fraction of sp³-hybridized carbons (Fsp3) is 0.214. The van der Waals surface area contributed by atoms with Crippen molar-refractivity contribution in [1.29, 1.82) is 0 Å². The average molecular weight is 311 g/mol. The Kier molecular flexibility index (Phi) is 4.59. The van der Waals surface area contributed by atoms with Crippen molar-refractivity contribution in [2.75, 3.05) is 6.61 Å². The van der Waals surface area contributed by atoms with Gasteiger partial charge in [0.1, 0.15) is 11.1 Å². The van der Waals surface area contributed by atoms with Crippen molar-refractivity contribution in [2.24, 2.45) is 0 Å².